The lowest BCUT2D eigenvalue weighted by Crippen LogP contribution is -2.35. The van der Waals surface area contributed by atoms with Crippen LogP contribution < -0.4 is 14.8 Å². The van der Waals surface area contributed by atoms with Crippen molar-refractivity contribution in [1.82, 2.24) is 4.31 Å². The number of hydrogen-bond acceptors (Lipinski definition) is 5. The van der Waals surface area contributed by atoms with Gasteiger partial charge in [0.25, 0.3) is 5.91 Å². The molecule has 2 aromatic rings. The monoisotopic (exact) mass is 452 g/mol. The summed E-state index contributed by atoms with van der Waals surface area (Å²) in [5.74, 6) is 0.578. The summed E-state index contributed by atoms with van der Waals surface area (Å²) < 4.78 is 38.0. The van der Waals surface area contributed by atoms with Gasteiger partial charge in [0.1, 0.15) is 4.90 Å². The Morgan fingerprint density at radius 3 is 2.30 bits per heavy atom. The zero-order valence-electron chi connectivity index (χ0n) is 17.2. The molecule has 1 aliphatic heterocycles. The van der Waals surface area contributed by atoms with E-state index in [4.69, 9.17) is 21.1 Å². The number of amides is 1. The Morgan fingerprint density at radius 1 is 1.03 bits per heavy atom. The number of halogens is 1. The molecule has 0 bridgehead atoms. The van der Waals surface area contributed by atoms with E-state index in [1.54, 1.807) is 12.1 Å². The Bertz CT molecular complexity index is 1050. The van der Waals surface area contributed by atoms with Gasteiger partial charge in [-0.1, -0.05) is 18.0 Å². The highest BCUT2D eigenvalue weighted by molar-refractivity contribution is 7.89. The second-order valence-corrected chi connectivity index (χ2v) is 9.40. The standard InChI is InChI=1S/C21H25ClN2O5S/c1-14-11-18(28-2)19(29-3)13-17(14)23-21(25)15-7-8-16(22)20(12-15)30(26,27)24-9-5-4-6-10-24/h7-8,11-13H,4-6,9-10H2,1-3H3,(H,23,25). The summed E-state index contributed by atoms with van der Waals surface area (Å²) in [6.45, 7) is 2.74. The fraction of sp³-hybridized carbons (Fsp3) is 0.381. The number of carbonyl (C=O) groups is 1. The van der Waals surface area contributed by atoms with Crippen molar-refractivity contribution in [3.8, 4) is 11.5 Å². The van der Waals surface area contributed by atoms with E-state index in [2.05, 4.69) is 5.32 Å². The van der Waals surface area contributed by atoms with Crippen LogP contribution >= 0.6 is 11.6 Å². The normalized spacial score (nSPS) is 14.9. The molecule has 1 heterocycles. The van der Waals surface area contributed by atoms with Crippen LogP contribution in [0.15, 0.2) is 35.2 Å². The highest BCUT2D eigenvalue weighted by Gasteiger charge is 2.29. The molecule has 9 heteroatoms. The molecule has 0 saturated carbocycles. The van der Waals surface area contributed by atoms with Gasteiger partial charge in [0.15, 0.2) is 11.5 Å². The molecule has 30 heavy (non-hydrogen) atoms. The summed E-state index contributed by atoms with van der Waals surface area (Å²) in [5.41, 5.74) is 1.51. The second-order valence-electron chi connectivity index (χ2n) is 7.09. The minimum atomic E-state index is -3.76. The van der Waals surface area contributed by atoms with Crippen LogP contribution in [0.3, 0.4) is 0 Å². The molecule has 0 radical (unpaired) electrons. The van der Waals surface area contributed by atoms with E-state index in [1.807, 2.05) is 6.92 Å². The van der Waals surface area contributed by atoms with Crippen LogP contribution in [0.1, 0.15) is 35.2 Å². The first kappa shape index (κ1) is 22.4. The highest BCUT2D eigenvalue weighted by atomic mass is 35.5. The highest BCUT2D eigenvalue weighted by Crippen LogP contribution is 2.33. The summed E-state index contributed by atoms with van der Waals surface area (Å²) in [5, 5.41) is 2.90. The lowest BCUT2D eigenvalue weighted by molar-refractivity contribution is 0.102. The van der Waals surface area contributed by atoms with Gasteiger partial charge in [-0.2, -0.15) is 4.31 Å². The summed E-state index contributed by atoms with van der Waals surface area (Å²) in [6, 6.07) is 7.69. The molecule has 0 aromatic heterocycles. The van der Waals surface area contributed by atoms with E-state index >= 15 is 0 Å². The first-order valence-corrected chi connectivity index (χ1v) is 11.4. The zero-order chi connectivity index (χ0) is 21.9. The first-order chi connectivity index (χ1) is 14.3. The Morgan fingerprint density at radius 2 is 1.67 bits per heavy atom. The van der Waals surface area contributed by atoms with Crippen LogP contribution in [-0.4, -0.2) is 45.9 Å². The van der Waals surface area contributed by atoms with Crippen molar-refractivity contribution in [2.75, 3.05) is 32.6 Å². The van der Waals surface area contributed by atoms with E-state index in [0.29, 0.717) is 30.3 Å². The summed E-state index contributed by atoms with van der Waals surface area (Å²) in [6.07, 6.45) is 2.64. The number of anilines is 1. The number of hydrogen-bond donors (Lipinski definition) is 1. The van der Waals surface area contributed by atoms with Crippen molar-refractivity contribution in [1.29, 1.82) is 0 Å². The third-order valence-corrected chi connectivity index (χ3v) is 7.49. The molecule has 0 unspecified atom stereocenters. The van der Waals surface area contributed by atoms with Crippen LogP contribution in [0.5, 0.6) is 11.5 Å². The third kappa shape index (κ3) is 4.55. The first-order valence-electron chi connectivity index (χ1n) is 9.61. The van der Waals surface area contributed by atoms with Gasteiger partial charge in [-0.05, 0) is 49.6 Å². The van der Waals surface area contributed by atoms with Gasteiger partial charge in [0, 0.05) is 30.4 Å². The number of rotatable bonds is 6. The Balaban J connectivity index is 1.90. The lowest BCUT2D eigenvalue weighted by Gasteiger charge is -2.26. The van der Waals surface area contributed by atoms with E-state index < -0.39 is 15.9 Å². The van der Waals surface area contributed by atoms with Gasteiger partial charge in [0.2, 0.25) is 10.0 Å². The van der Waals surface area contributed by atoms with Crippen molar-refractivity contribution < 1.29 is 22.7 Å². The van der Waals surface area contributed by atoms with Gasteiger partial charge in [-0.15, -0.1) is 0 Å². The van der Waals surface area contributed by atoms with Gasteiger partial charge >= 0.3 is 0 Å². The molecule has 2 aromatic carbocycles. The van der Waals surface area contributed by atoms with Gasteiger partial charge in [-0.3, -0.25) is 4.79 Å². The number of piperidine rings is 1. The molecule has 7 nitrogen and oxygen atoms in total. The average molecular weight is 453 g/mol. The SMILES string of the molecule is COc1cc(C)c(NC(=O)c2ccc(Cl)c(S(=O)(=O)N3CCCCC3)c2)cc1OC. The summed E-state index contributed by atoms with van der Waals surface area (Å²) in [7, 11) is -0.720. The van der Waals surface area contributed by atoms with Crippen LogP contribution in [0.4, 0.5) is 5.69 Å². The van der Waals surface area contributed by atoms with Gasteiger partial charge in [-0.25, -0.2) is 8.42 Å². The third-order valence-electron chi connectivity index (χ3n) is 5.10. The van der Waals surface area contributed by atoms with Crippen molar-refractivity contribution in [2.45, 2.75) is 31.1 Å². The van der Waals surface area contributed by atoms with Gasteiger partial charge in [0.05, 0.1) is 19.2 Å². The number of sulfonamides is 1. The van der Waals surface area contributed by atoms with Crippen molar-refractivity contribution in [3.05, 3.63) is 46.5 Å². The predicted octanol–water partition coefficient (Wildman–Crippen LogP) is 4.09. The fourth-order valence-electron chi connectivity index (χ4n) is 3.40. The van der Waals surface area contributed by atoms with E-state index in [-0.39, 0.29) is 15.5 Å². The molecular weight excluding hydrogens is 428 g/mol. The van der Waals surface area contributed by atoms with Crippen LogP contribution in [0.2, 0.25) is 5.02 Å². The molecule has 162 valence electrons. The maximum absolute atomic E-state index is 13.0. The summed E-state index contributed by atoms with van der Waals surface area (Å²) >= 11 is 6.20. The predicted molar refractivity (Wildman–Crippen MR) is 116 cm³/mol. The molecule has 1 N–H and O–H groups in total. The molecule has 0 aliphatic carbocycles. The Hall–Kier alpha value is -2.29. The number of ether oxygens (including phenoxy) is 2. The topological polar surface area (TPSA) is 84.9 Å². The smallest absolute Gasteiger partial charge is 0.255 e. The molecular formula is C21H25ClN2O5S. The Labute approximate surface area is 182 Å². The number of benzene rings is 2. The quantitative estimate of drug-likeness (QED) is 0.713. The minimum Gasteiger partial charge on any atom is -0.493 e. The molecule has 0 atom stereocenters. The summed E-state index contributed by atoms with van der Waals surface area (Å²) in [4.78, 5) is 12.8. The maximum atomic E-state index is 13.0. The van der Waals surface area contributed by atoms with Crippen LogP contribution in [0.25, 0.3) is 0 Å². The molecule has 1 fully saturated rings. The van der Waals surface area contributed by atoms with Crippen LogP contribution in [0, 0.1) is 6.92 Å². The molecule has 1 saturated heterocycles. The van der Waals surface area contributed by atoms with E-state index in [1.165, 1.54) is 36.7 Å². The largest absolute Gasteiger partial charge is 0.493 e. The maximum Gasteiger partial charge on any atom is 0.255 e. The van der Waals surface area contributed by atoms with E-state index in [9.17, 15) is 13.2 Å². The number of nitrogens with zero attached hydrogens (tertiary/aromatic N) is 1. The van der Waals surface area contributed by atoms with Crippen molar-refractivity contribution in [2.24, 2.45) is 0 Å². The van der Waals surface area contributed by atoms with Crippen LogP contribution in [-0.2, 0) is 10.0 Å². The second kappa shape index (κ2) is 9.24. The lowest BCUT2D eigenvalue weighted by atomic mass is 10.1. The average Bonchev–Trinajstić information content (AvgIpc) is 2.75. The minimum absolute atomic E-state index is 0.0530. The number of methoxy groups -OCH3 is 2. The Kier molecular flexibility index (Phi) is 6.90. The molecule has 0 spiro atoms. The zero-order valence-corrected chi connectivity index (χ0v) is 18.8. The molecule has 1 aliphatic rings. The number of nitrogens with one attached hydrogen (secondary N) is 1. The van der Waals surface area contributed by atoms with Crippen molar-refractivity contribution >= 4 is 33.2 Å². The van der Waals surface area contributed by atoms with Crippen molar-refractivity contribution in [3.63, 3.8) is 0 Å². The van der Waals surface area contributed by atoms with Gasteiger partial charge < -0.3 is 14.8 Å². The molecule has 3 rings (SSSR count). The number of aryl methyl sites for hydroxylation is 1. The number of carbonyl (C=O) groups excluding carboxylic acids is 1. The van der Waals surface area contributed by atoms with E-state index in [0.717, 1.165) is 24.8 Å². The molecule has 1 amide bonds. The fourth-order valence-corrected chi connectivity index (χ4v) is 5.41.